The molecule has 94 valence electrons. The Hall–Kier alpha value is -2.10. The van der Waals surface area contributed by atoms with Crippen molar-refractivity contribution in [2.75, 3.05) is 7.11 Å². The molecule has 2 aromatic heterocycles. The number of aromatic nitrogens is 2. The molecule has 2 aromatic rings. The molecule has 4 nitrogen and oxygen atoms in total. The van der Waals surface area contributed by atoms with Crippen molar-refractivity contribution in [3.8, 4) is 11.7 Å². The minimum absolute atomic E-state index is 0.0340. The lowest BCUT2D eigenvalue weighted by Crippen LogP contribution is -2.22. The van der Waals surface area contributed by atoms with Crippen molar-refractivity contribution in [1.82, 2.24) is 9.55 Å². The Morgan fingerprint density at radius 1 is 1.22 bits per heavy atom. The quantitative estimate of drug-likeness (QED) is 0.832. The molecule has 2 rings (SSSR count). The number of nitrogens with zero attached hydrogens (tertiary/aromatic N) is 2. The fraction of sp³-hybridized carbons (Fsp3) is 0.286. The summed E-state index contributed by atoms with van der Waals surface area (Å²) in [6.45, 7) is 4.00. The second-order valence-corrected chi connectivity index (χ2v) is 4.33. The minimum atomic E-state index is -0.0340. The van der Waals surface area contributed by atoms with Gasteiger partial charge in [-0.2, -0.15) is 4.98 Å². The number of methoxy groups -OCH3 is 1. The lowest BCUT2D eigenvalue weighted by atomic mass is 10.1. The van der Waals surface area contributed by atoms with Crippen LogP contribution < -0.4 is 10.3 Å². The number of rotatable bonds is 3. The van der Waals surface area contributed by atoms with Crippen LogP contribution in [-0.2, 0) is 0 Å². The molecule has 0 fully saturated rings. The molecule has 0 aliphatic heterocycles. The Morgan fingerprint density at radius 3 is 2.67 bits per heavy atom. The largest absolute Gasteiger partial charge is 0.481 e. The van der Waals surface area contributed by atoms with Gasteiger partial charge in [0.2, 0.25) is 5.88 Å². The average molecular weight is 244 g/mol. The van der Waals surface area contributed by atoms with E-state index in [1.807, 2.05) is 32.0 Å². The first-order valence-corrected chi connectivity index (χ1v) is 5.86. The highest BCUT2D eigenvalue weighted by Crippen LogP contribution is 2.12. The Bertz CT molecular complexity index is 603. The fourth-order valence-corrected chi connectivity index (χ4v) is 1.78. The van der Waals surface area contributed by atoms with Crippen LogP contribution in [0.25, 0.3) is 5.82 Å². The summed E-state index contributed by atoms with van der Waals surface area (Å²) < 4.78 is 6.61. The summed E-state index contributed by atoms with van der Waals surface area (Å²) in [6, 6.07) is 9.06. The van der Waals surface area contributed by atoms with Crippen LogP contribution >= 0.6 is 0 Å². The summed E-state index contributed by atoms with van der Waals surface area (Å²) in [4.78, 5) is 16.6. The van der Waals surface area contributed by atoms with E-state index in [0.717, 1.165) is 5.56 Å². The molecule has 0 saturated heterocycles. The van der Waals surface area contributed by atoms with Crippen LogP contribution in [0.15, 0.2) is 41.3 Å². The van der Waals surface area contributed by atoms with Gasteiger partial charge < -0.3 is 4.74 Å². The van der Waals surface area contributed by atoms with E-state index in [4.69, 9.17) is 4.74 Å². The molecule has 0 aromatic carbocycles. The van der Waals surface area contributed by atoms with Gasteiger partial charge in [0.05, 0.1) is 7.11 Å². The first-order chi connectivity index (χ1) is 8.63. The number of hydrogen-bond acceptors (Lipinski definition) is 3. The summed E-state index contributed by atoms with van der Waals surface area (Å²) in [5.74, 6) is 1.26. The lowest BCUT2D eigenvalue weighted by Gasteiger charge is -2.10. The Morgan fingerprint density at radius 2 is 2.00 bits per heavy atom. The molecular weight excluding hydrogens is 228 g/mol. The molecule has 0 atom stereocenters. The zero-order chi connectivity index (χ0) is 13.1. The topological polar surface area (TPSA) is 44.1 Å². The van der Waals surface area contributed by atoms with Gasteiger partial charge in [-0.15, -0.1) is 0 Å². The van der Waals surface area contributed by atoms with E-state index in [9.17, 15) is 4.79 Å². The average Bonchev–Trinajstić information content (AvgIpc) is 2.38. The number of ether oxygens (including phenoxy) is 1. The Labute approximate surface area is 106 Å². The third-order valence-electron chi connectivity index (χ3n) is 2.76. The van der Waals surface area contributed by atoms with Crippen molar-refractivity contribution >= 4 is 0 Å². The van der Waals surface area contributed by atoms with E-state index < -0.39 is 0 Å². The highest BCUT2D eigenvalue weighted by molar-refractivity contribution is 5.29. The maximum absolute atomic E-state index is 12.3. The van der Waals surface area contributed by atoms with Gasteiger partial charge in [0.1, 0.15) is 5.82 Å². The van der Waals surface area contributed by atoms with Gasteiger partial charge in [-0.1, -0.05) is 26.0 Å². The van der Waals surface area contributed by atoms with E-state index >= 15 is 0 Å². The monoisotopic (exact) mass is 244 g/mol. The standard InChI is InChI=1S/C14H16N2O2/c1-10(2)11-6-5-9-16(14(11)17)12-7-4-8-13(15-12)18-3/h4-10H,1-3H3. The van der Waals surface area contributed by atoms with E-state index in [-0.39, 0.29) is 11.5 Å². The first kappa shape index (κ1) is 12.4. The van der Waals surface area contributed by atoms with Crippen molar-refractivity contribution in [2.45, 2.75) is 19.8 Å². The van der Waals surface area contributed by atoms with Crippen molar-refractivity contribution in [3.05, 3.63) is 52.4 Å². The van der Waals surface area contributed by atoms with Crippen LogP contribution in [0.1, 0.15) is 25.3 Å². The molecule has 0 saturated carbocycles. The molecule has 0 amide bonds. The highest BCUT2D eigenvalue weighted by Gasteiger charge is 2.09. The van der Waals surface area contributed by atoms with Gasteiger partial charge in [-0.05, 0) is 18.1 Å². The summed E-state index contributed by atoms with van der Waals surface area (Å²) in [6.07, 6.45) is 1.72. The second-order valence-electron chi connectivity index (χ2n) is 4.33. The van der Waals surface area contributed by atoms with Gasteiger partial charge in [-0.25, -0.2) is 0 Å². The summed E-state index contributed by atoms with van der Waals surface area (Å²) in [5, 5.41) is 0. The third kappa shape index (κ3) is 2.27. The van der Waals surface area contributed by atoms with Gasteiger partial charge >= 0.3 is 0 Å². The van der Waals surface area contributed by atoms with Crippen LogP contribution in [0.4, 0.5) is 0 Å². The molecule has 0 bridgehead atoms. The van der Waals surface area contributed by atoms with Gasteiger partial charge in [-0.3, -0.25) is 9.36 Å². The van der Waals surface area contributed by atoms with Crippen molar-refractivity contribution < 1.29 is 4.74 Å². The van der Waals surface area contributed by atoms with Crippen LogP contribution in [0.2, 0.25) is 0 Å². The van der Waals surface area contributed by atoms with Crippen molar-refractivity contribution in [3.63, 3.8) is 0 Å². The maximum atomic E-state index is 12.3. The SMILES string of the molecule is COc1cccc(-n2cccc(C(C)C)c2=O)n1. The molecule has 0 aliphatic carbocycles. The van der Waals surface area contributed by atoms with E-state index in [0.29, 0.717) is 11.7 Å². The van der Waals surface area contributed by atoms with Gasteiger partial charge in [0.15, 0.2) is 0 Å². The zero-order valence-corrected chi connectivity index (χ0v) is 10.8. The van der Waals surface area contributed by atoms with E-state index in [1.165, 1.54) is 4.57 Å². The predicted molar refractivity (Wildman–Crippen MR) is 70.5 cm³/mol. The molecule has 0 N–H and O–H groups in total. The molecule has 0 spiro atoms. The normalized spacial score (nSPS) is 10.7. The van der Waals surface area contributed by atoms with Crippen LogP contribution in [-0.4, -0.2) is 16.7 Å². The van der Waals surface area contributed by atoms with E-state index in [1.54, 1.807) is 25.4 Å². The van der Waals surface area contributed by atoms with Crippen molar-refractivity contribution in [2.24, 2.45) is 0 Å². The lowest BCUT2D eigenvalue weighted by molar-refractivity contribution is 0.397. The summed E-state index contributed by atoms with van der Waals surface area (Å²) in [5.41, 5.74) is 0.746. The third-order valence-corrected chi connectivity index (χ3v) is 2.76. The molecular formula is C14H16N2O2. The smallest absolute Gasteiger partial charge is 0.259 e. The van der Waals surface area contributed by atoms with Gasteiger partial charge in [0.25, 0.3) is 5.56 Å². The first-order valence-electron chi connectivity index (χ1n) is 5.86. The van der Waals surface area contributed by atoms with Crippen LogP contribution in [0.3, 0.4) is 0 Å². The summed E-state index contributed by atoms with van der Waals surface area (Å²) in [7, 11) is 1.55. The zero-order valence-electron chi connectivity index (χ0n) is 10.8. The number of hydrogen-bond donors (Lipinski definition) is 0. The summed E-state index contributed by atoms with van der Waals surface area (Å²) >= 11 is 0. The predicted octanol–water partition coefficient (Wildman–Crippen LogP) is 2.36. The Kier molecular flexibility index (Phi) is 3.46. The molecule has 2 heterocycles. The minimum Gasteiger partial charge on any atom is -0.481 e. The van der Waals surface area contributed by atoms with Crippen molar-refractivity contribution in [1.29, 1.82) is 0 Å². The van der Waals surface area contributed by atoms with Gasteiger partial charge in [0, 0.05) is 17.8 Å². The molecule has 0 radical (unpaired) electrons. The van der Waals surface area contributed by atoms with Crippen LogP contribution in [0.5, 0.6) is 5.88 Å². The fourth-order valence-electron chi connectivity index (χ4n) is 1.78. The highest BCUT2D eigenvalue weighted by atomic mass is 16.5. The number of pyridine rings is 2. The van der Waals surface area contributed by atoms with E-state index in [2.05, 4.69) is 4.98 Å². The molecule has 0 aliphatic rings. The molecule has 4 heteroatoms. The maximum Gasteiger partial charge on any atom is 0.259 e. The Balaban J connectivity index is 2.57. The van der Waals surface area contributed by atoms with Crippen LogP contribution in [0, 0.1) is 0 Å². The molecule has 18 heavy (non-hydrogen) atoms. The second kappa shape index (κ2) is 5.04. The molecule has 0 unspecified atom stereocenters.